The van der Waals surface area contributed by atoms with Crippen molar-refractivity contribution in [3.05, 3.63) is 23.2 Å². The van der Waals surface area contributed by atoms with E-state index in [4.69, 9.17) is 5.73 Å². The van der Waals surface area contributed by atoms with Crippen molar-refractivity contribution in [2.24, 2.45) is 5.73 Å². The van der Waals surface area contributed by atoms with Gasteiger partial charge in [0.2, 0.25) is 5.13 Å². The molecule has 0 saturated carbocycles. The van der Waals surface area contributed by atoms with Crippen molar-refractivity contribution in [3.63, 3.8) is 0 Å². The fourth-order valence-corrected chi connectivity index (χ4v) is 2.29. The molecule has 0 aliphatic carbocycles. The number of amides is 1. The molecule has 7 nitrogen and oxygen atoms in total. The van der Waals surface area contributed by atoms with Gasteiger partial charge in [0.15, 0.2) is 5.82 Å². The molecule has 1 atom stereocenters. The normalized spacial score (nSPS) is 11.8. The van der Waals surface area contributed by atoms with E-state index in [9.17, 15) is 4.79 Å². The fraction of sp³-hybridized carbons (Fsp3) is 0.400. The number of nitrogens with two attached hydrogens (primary N) is 1. The van der Waals surface area contributed by atoms with Gasteiger partial charge in [0.05, 0.1) is 12.2 Å². The van der Waals surface area contributed by atoms with E-state index in [-0.39, 0.29) is 24.4 Å². The van der Waals surface area contributed by atoms with E-state index in [2.05, 4.69) is 15.1 Å². The summed E-state index contributed by atoms with van der Waals surface area (Å²) in [4.78, 5) is 22.1. The van der Waals surface area contributed by atoms with Gasteiger partial charge in [-0.2, -0.15) is 9.78 Å². The number of nitrogens with zero attached hydrogens (tertiary/aromatic N) is 5. The summed E-state index contributed by atoms with van der Waals surface area (Å²) < 4.78 is 1.56. The molecule has 0 aliphatic rings. The number of thiazole rings is 1. The van der Waals surface area contributed by atoms with Gasteiger partial charge in [0, 0.05) is 14.1 Å². The highest BCUT2D eigenvalue weighted by Gasteiger charge is 2.17. The number of hydrogen-bond donors (Lipinski definition) is 1. The summed E-state index contributed by atoms with van der Waals surface area (Å²) in [5.74, 6) is 0.536. The van der Waals surface area contributed by atoms with E-state index < -0.39 is 0 Å². The van der Waals surface area contributed by atoms with Crippen LogP contribution in [0.4, 0.5) is 0 Å². The Kier molecular flexibility index (Phi) is 4.98. The highest BCUT2D eigenvalue weighted by atomic mass is 35.5. The van der Waals surface area contributed by atoms with Crippen LogP contribution in [0.2, 0.25) is 0 Å². The molecule has 2 aromatic rings. The summed E-state index contributed by atoms with van der Waals surface area (Å²) in [6.45, 7) is 1.82. The van der Waals surface area contributed by atoms with Crippen LogP contribution in [0, 0.1) is 0 Å². The maximum absolute atomic E-state index is 11.8. The van der Waals surface area contributed by atoms with Crippen molar-refractivity contribution >= 4 is 29.7 Å². The van der Waals surface area contributed by atoms with E-state index in [1.165, 1.54) is 28.8 Å². The molecule has 0 aliphatic heterocycles. The van der Waals surface area contributed by atoms with Crippen molar-refractivity contribution in [1.82, 2.24) is 24.6 Å². The van der Waals surface area contributed by atoms with E-state index in [1.807, 2.05) is 6.92 Å². The van der Waals surface area contributed by atoms with E-state index in [1.54, 1.807) is 18.8 Å². The van der Waals surface area contributed by atoms with E-state index in [0.29, 0.717) is 15.8 Å². The van der Waals surface area contributed by atoms with Gasteiger partial charge in [-0.3, -0.25) is 4.79 Å². The molecule has 1 amide bonds. The van der Waals surface area contributed by atoms with Crippen LogP contribution < -0.4 is 5.73 Å². The van der Waals surface area contributed by atoms with Gasteiger partial charge in [-0.1, -0.05) is 11.3 Å². The van der Waals surface area contributed by atoms with Gasteiger partial charge >= 0.3 is 0 Å². The van der Waals surface area contributed by atoms with Crippen molar-refractivity contribution in [2.45, 2.75) is 13.0 Å². The number of halogens is 1. The highest BCUT2D eigenvalue weighted by Crippen LogP contribution is 2.20. The Balaban J connectivity index is 0.00000180. The van der Waals surface area contributed by atoms with Gasteiger partial charge in [-0.05, 0) is 6.92 Å². The molecule has 9 heteroatoms. The molecule has 2 N–H and O–H groups in total. The van der Waals surface area contributed by atoms with Crippen LogP contribution in [0.5, 0.6) is 0 Å². The lowest BCUT2D eigenvalue weighted by Crippen LogP contribution is -2.20. The molecule has 2 heterocycles. The predicted molar refractivity (Wildman–Crippen MR) is 74.9 cm³/mol. The van der Waals surface area contributed by atoms with E-state index >= 15 is 0 Å². The van der Waals surface area contributed by atoms with Crippen LogP contribution in [0.15, 0.2) is 12.5 Å². The van der Waals surface area contributed by atoms with Crippen LogP contribution in [-0.4, -0.2) is 44.7 Å². The molecule has 0 fully saturated rings. The third-order valence-electron chi connectivity index (χ3n) is 2.27. The Morgan fingerprint density at radius 3 is 2.74 bits per heavy atom. The highest BCUT2D eigenvalue weighted by molar-refractivity contribution is 7.16. The molecule has 0 bridgehead atoms. The summed E-state index contributed by atoms with van der Waals surface area (Å²) in [6, 6.07) is -0.246. The van der Waals surface area contributed by atoms with Crippen LogP contribution >= 0.6 is 23.7 Å². The third kappa shape index (κ3) is 3.09. The first-order valence-corrected chi connectivity index (χ1v) is 6.15. The minimum Gasteiger partial charge on any atom is -0.344 e. The van der Waals surface area contributed by atoms with Crippen LogP contribution in [-0.2, 0) is 0 Å². The zero-order valence-corrected chi connectivity index (χ0v) is 12.4. The summed E-state index contributed by atoms with van der Waals surface area (Å²) in [5.41, 5.74) is 5.79. The Labute approximate surface area is 120 Å². The molecule has 104 valence electrons. The van der Waals surface area contributed by atoms with Gasteiger partial charge in [0.1, 0.15) is 11.2 Å². The predicted octanol–water partition coefficient (Wildman–Crippen LogP) is 0.867. The van der Waals surface area contributed by atoms with Gasteiger partial charge < -0.3 is 10.6 Å². The lowest BCUT2D eigenvalue weighted by molar-refractivity contribution is 0.0832. The van der Waals surface area contributed by atoms with Crippen LogP contribution in [0.25, 0.3) is 5.13 Å². The van der Waals surface area contributed by atoms with Gasteiger partial charge in [0.25, 0.3) is 5.91 Å². The molecule has 2 aromatic heterocycles. The largest absolute Gasteiger partial charge is 0.344 e. The Hall–Kier alpha value is -1.51. The number of carbonyl (C=O) groups excluding carboxylic acids is 1. The Morgan fingerprint density at radius 1 is 1.47 bits per heavy atom. The average Bonchev–Trinajstić information content (AvgIpc) is 2.95. The minimum atomic E-state index is -0.246. The summed E-state index contributed by atoms with van der Waals surface area (Å²) in [7, 11) is 3.40. The SMILES string of the molecule is C[C@H](N)c1ncnn1-c1ncc(C(=O)N(C)C)s1.Cl. The molecular formula is C10H15ClN6OS. The first-order chi connectivity index (χ1) is 8.50. The second kappa shape index (κ2) is 6.09. The second-order valence-corrected chi connectivity index (χ2v) is 5.03. The number of carbonyl (C=O) groups is 1. The Bertz CT molecular complexity index is 564. The van der Waals surface area contributed by atoms with Crippen molar-refractivity contribution in [2.75, 3.05) is 14.1 Å². The first-order valence-electron chi connectivity index (χ1n) is 5.34. The lowest BCUT2D eigenvalue weighted by atomic mass is 10.3. The molecule has 19 heavy (non-hydrogen) atoms. The zero-order valence-electron chi connectivity index (χ0n) is 10.8. The molecule has 0 unspecified atom stereocenters. The lowest BCUT2D eigenvalue weighted by Gasteiger charge is -2.07. The minimum absolute atomic E-state index is 0. The standard InChI is InChI=1S/C10H14N6OS.ClH/c1-6(11)8-13-5-14-16(8)10-12-4-7(18-10)9(17)15(2)3;/h4-6H,11H2,1-3H3;1H/t6-;/m0./s1. The Morgan fingerprint density at radius 2 is 2.16 bits per heavy atom. The monoisotopic (exact) mass is 302 g/mol. The molecule has 0 saturated heterocycles. The second-order valence-electron chi connectivity index (χ2n) is 4.03. The van der Waals surface area contributed by atoms with Crippen LogP contribution in [0.1, 0.15) is 28.5 Å². The smallest absolute Gasteiger partial charge is 0.265 e. The zero-order chi connectivity index (χ0) is 13.3. The molecule has 0 spiro atoms. The molecule has 0 radical (unpaired) electrons. The summed E-state index contributed by atoms with van der Waals surface area (Å²) in [6.07, 6.45) is 2.96. The van der Waals surface area contributed by atoms with E-state index in [0.717, 1.165) is 0 Å². The van der Waals surface area contributed by atoms with Gasteiger partial charge in [-0.25, -0.2) is 9.97 Å². The van der Waals surface area contributed by atoms with Crippen molar-refractivity contribution < 1.29 is 4.79 Å². The number of rotatable bonds is 3. The quantitative estimate of drug-likeness (QED) is 0.908. The van der Waals surface area contributed by atoms with Crippen molar-refractivity contribution in [1.29, 1.82) is 0 Å². The maximum atomic E-state index is 11.8. The summed E-state index contributed by atoms with van der Waals surface area (Å²) >= 11 is 1.26. The topological polar surface area (TPSA) is 89.9 Å². The third-order valence-corrected chi connectivity index (χ3v) is 3.23. The fourth-order valence-electron chi connectivity index (χ4n) is 1.39. The van der Waals surface area contributed by atoms with Crippen LogP contribution in [0.3, 0.4) is 0 Å². The number of hydrogen-bond acceptors (Lipinski definition) is 6. The van der Waals surface area contributed by atoms with Crippen molar-refractivity contribution in [3.8, 4) is 5.13 Å². The molecule has 2 rings (SSSR count). The number of aromatic nitrogens is 4. The van der Waals surface area contributed by atoms with Gasteiger partial charge in [-0.15, -0.1) is 12.4 Å². The maximum Gasteiger partial charge on any atom is 0.265 e. The average molecular weight is 303 g/mol. The molecule has 0 aromatic carbocycles. The summed E-state index contributed by atoms with van der Waals surface area (Å²) in [5, 5.41) is 4.66. The first kappa shape index (κ1) is 15.5. The molecular weight excluding hydrogens is 288 g/mol.